The van der Waals surface area contributed by atoms with E-state index in [-0.39, 0.29) is 5.41 Å². The van der Waals surface area contributed by atoms with Crippen LogP contribution in [0.5, 0.6) is 0 Å². The maximum Gasteiger partial charge on any atom is 0.137 e. The van der Waals surface area contributed by atoms with Crippen molar-refractivity contribution >= 4 is 75.3 Å². The maximum absolute atomic E-state index is 6.66. The Kier molecular flexibility index (Phi) is 5.09. The molecule has 0 fully saturated rings. The van der Waals surface area contributed by atoms with Crippen LogP contribution in [0.25, 0.3) is 91.9 Å². The fourth-order valence-corrected chi connectivity index (χ4v) is 9.68. The fraction of sp³-hybridized carbons (Fsp3) is 0.0667. The van der Waals surface area contributed by atoms with Gasteiger partial charge in [-0.15, -0.1) is 11.3 Å². The molecule has 0 radical (unpaired) electrons. The lowest BCUT2D eigenvalue weighted by Crippen LogP contribution is -2.14. The Labute approximate surface area is 281 Å². The van der Waals surface area contributed by atoms with Crippen LogP contribution < -0.4 is 0 Å². The predicted octanol–water partition coefficient (Wildman–Crippen LogP) is 13.0. The van der Waals surface area contributed by atoms with E-state index in [1.807, 2.05) is 11.3 Å². The summed E-state index contributed by atoms with van der Waals surface area (Å²) in [7, 11) is 0. The quantitative estimate of drug-likeness (QED) is 0.186. The summed E-state index contributed by atoms with van der Waals surface area (Å²) >= 11 is 1.85. The number of para-hydroxylation sites is 1. The molecule has 226 valence electrons. The highest BCUT2D eigenvalue weighted by atomic mass is 32.1. The van der Waals surface area contributed by atoms with Gasteiger partial charge in [0.15, 0.2) is 0 Å². The van der Waals surface area contributed by atoms with E-state index >= 15 is 0 Å². The smallest absolute Gasteiger partial charge is 0.137 e. The minimum absolute atomic E-state index is 0.0527. The first-order chi connectivity index (χ1) is 23.6. The van der Waals surface area contributed by atoms with Crippen molar-refractivity contribution in [2.75, 3.05) is 0 Å². The zero-order valence-electron chi connectivity index (χ0n) is 26.5. The predicted molar refractivity (Wildman–Crippen MR) is 204 cm³/mol. The maximum atomic E-state index is 6.66. The molecule has 11 rings (SSSR count). The summed E-state index contributed by atoms with van der Waals surface area (Å²) in [6, 6.07) is 51.2. The molecule has 48 heavy (non-hydrogen) atoms. The lowest BCUT2D eigenvalue weighted by Gasteiger charge is -2.21. The summed E-state index contributed by atoms with van der Waals surface area (Å²) in [5.74, 6) is 0. The summed E-state index contributed by atoms with van der Waals surface area (Å²) in [6.45, 7) is 4.71. The van der Waals surface area contributed by atoms with Gasteiger partial charge in [-0.05, 0) is 88.0 Å². The molecule has 0 aliphatic heterocycles. The van der Waals surface area contributed by atoms with E-state index in [1.165, 1.54) is 69.8 Å². The van der Waals surface area contributed by atoms with Crippen LogP contribution >= 0.6 is 11.3 Å². The van der Waals surface area contributed by atoms with Gasteiger partial charge in [-0.25, -0.2) is 0 Å². The molecular formula is C45H29NOS. The third-order valence-corrected chi connectivity index (χ3v) is 12.0. The molecule has 1 aliphatic carbocycles. The van der Waals surface area contributed by atoms with Gasteiger partial charge in [-0.3, -0.25) is 0 Å². The van der Waals surface area contributed by atoms with E-state index in [0.29, 0.717) is 0 Å². The first-order valence-corrected chi connectivity index (χ1v) is 17.4. The summed E-state index contributed by atoms with van der Waals surface area (Å²) < 4.78 is 11.8. The Balaban J connectivity index is 1.15. The number of hydrogen-bond donors (Lipinski definition) is 0. The fourth-order valence-electron chi connectivity index (χ4n) is 8.59. The minimum atomic E-state index is -0.0527. The van der Waals surface area contributed by atoms with Crippen molar-refractivity contribution in [2.24, 2.45) is 0 Å². The van der Waals surface area contributed by atoms with E-state index in [4.69, 9.17) is 4.42 Å². The molecule has 3 heterocycles. The Hall–Kier alpha value is -5.64. The Morgan fingerprint density at radius 3 is 2.23 bits per heavy atom. The summed E-state index contributed by atoms with van der Waals surface area (Å²) in [4.78, 5) is 0. The second kappa shape index (κ2) is 9.25. The van der Waals surface area contributed by atoms with Gasteiger partial charge in [-0.2, -0.15) is 0 Å². The summed E-state index contributed by atoms with van der Waals surface area (Å²) in [6.07, 6.45) is 0. The van der Waals surface area contributed by atoms with Gasteiger partial charge >= 0.3 is 0 Å². The molecule has 1 aliphatic rings. The number of hydrogen-bond acceptors (Lipinski definition) is 2. The van der Waals surface area contributed by atoms with Gasteiger partial charge in [0.1, 0.15) is 11.2 Å². The van der Waals surface area contributed by atoms with Crippen LogP contribution in [0.3, 0.4) is 0 Å². The molecule has 0 atom stereocenters. The van der Waals surface area contributed by atoms with Crippen LogP contribution in [0.4, 0.5) is 0 Å². The Morgan fingerprint density at radius 2 is 1.29 bits per heavy atom. The average molecular weight is 632 g/mol. The van der Waals surface area contributed by atoms with Gasteiger partial charge < -0.3 is 8.98 Å². The van der Waals surface area contributed by atoms with Crippen molar-refractivity contribution in [1.82, 2.24) is 4.57 Å². The molecule has 0 amide bonds. The third kappa shape index (κ3) is 3.36. The largest absolute Gasteiger partial charge is 0.456 e. The second-order valence-electron chi connectivity index (χ2n) is 13.7. The van der Waals surface area contributed by atoms with E-state index in [1.54, 1.807) is 0 Å². The standard InChI is InChI=1S/C45H29NOS/c1-45(2)33-13-6-3-11-29(33)42-34(45)21-22-37-44(42)30-12-4-7-14-35(30)46(37)36-15-9-16-38-43(36)31-20-18-27(25-39(31)47-38)26-19-23-41-32(24-26)28-10-5-8-17-40(28)48-41/h3-25H,1-2H3. The number of benzene rings is 7. The van der Waals surface area contributed by atoms with Crippen LogP contribution in [0.15, 0.2) is 144 Å². The van der Waals surface area contributed by atoms with E-state index < -0.39 is 0 Å². The monoisotopic (exact) mass is 631 g/mol. The number of nitrogens with zero attached hydrogens (tertiary/aromatic N) is 1. The number of fused-ring (bicyclic) bond motifs is 13. The molecule has 0 saturated heterocycles. The number of thiophene rings is 1. The number of aromatic nitrogens is 1. The molecule has 3 aromatic heterocycles. The van der Waals surface area contributed by atoms with Crippen molar-refractivity contribution in [2.45, 2.75) is 19.3 Å². The van der Waals surface area contributed by atoms with Gasteiger partial charge in [0, 0.05) is 41.7 Å². The highest BCUT2D eigenvalue weighted by Gasteiger charge is 2.37. The number of rotatable bonds is 2. The molecule has 0 spiro atoms. The molecule has 0 N–H and O–H groups in total. The van der Waals surface area contributed by atoms with E-state index in [9.17, 15) is 0 Å². The molecule has 10 aromatic rings. The molecule has 2 nitrogen and oxygen atoms in total. The van der Waals surface area contributed by atoms with Crippen LogP contribution in [0.1, 0.15) is 25.0 Å². The normalized spacial score (nSPS) is 13.8. The van der Waals surface area contributed by atoms with Gasteiger partial charge in [0.25, 0.3) is 0 Å². The van der Waals surface area contributed by atoms with Crippen molar-refractivity contribution in [3.8, 4) is 27.9 Å². The first-order valence-electron chi connectivity index (χ1n) is 16.6. The van der Waals surface area contributed by atoms with Crippen molar-refractivity contribution in [3.63, 3.8) is 0 Å². The van der Waals surface area contributed by atoms with Crippen LogP contribution in [0.2, 0.25) is 0 Å². The van der Waals surface area contributed by atoms with Crippen LogP contribution in [0, 0.1) is 0 Å². The third-order valence-electron chi connectivity index (χ3n) is 10.8. The first kappa shape index (κ1) is 26.4. The van der Waals surface area contributed by atoms with Crippen molar-refractivity contribution < 1.29 is 4.42 Å². The van der Waals surface area contributed by atoms with Crippen LogP contribution in [-0.2, 0) is 5.41 Å². The van der Waals surface area contributed by atoms with E-state index in [0.717, 1.165) is 33.2 Å². The second-order valence-corrected chi connectivity index (χ2v) is 14.8. The van der Waals surface area contributed by atoms with E-state index in [2.05, 4.69) is 158 Å². The lowest BCUT2D eigenvalue weighted by molar-refractivity contribution is 0.661. The van der Waals surface area contributed by atoms with Crippen molar-refractivity contribution in [3.05, 3.63) is 151 Å². The van der Waals surface area contributed by atoms with Gasteiger partial charge in [0.05, 0.1) is 22.1 Å². The SMILES string of the molecule is CC1(C)c2ccccc2-c2c1ccc1c2c2ccccc2n1-c1cccc2oc3cc(-c4ccc5sc6ccccc6c5c4)ccc3c12. The highest BCUT2D eigenvalue weighted by molar-refractivity contribution is 7.25. The average Bonchev–Trinajstić information content (AvgIpc) is 3.84. The Morgan fingerprint density at radius 1 is 0.521 bits per heavy atom. The van der Waals surface area contributed by atoms with Gasteiger partial charge in [-0.1, -0.05) is 98.8 Å². The number of furan rings is 1. The molecular weight excluding hydrogens is 603 g/mol. The zero-order chi connectivity index (χ0) is 31.7. The highest BCUT2D eigenvalue weighted by Crippen LogP contribution is 2.53. The minimum Gasteiger partial charge on any atom is -0.456 e. The summed E-state index contributed by atoms with van der Waals surface area (Å²) in [5.41, 5.74) is 13.2. The molecule has 7 aromatic carbocycles. The van der Waals surface area contributed by atoms with Gasteiger partial charge in [0.2, 0.25) is 0 Å². The lowest BCUT2D eigenvalue weighted by atomic mass is 9.82. The molecule has 3 heteroatoms. The topological polar surface area (TPSA) is 18.1 Å². The molecule has 0 unspecified atom stereocenters. The molecule has 0 saturated carbocycles. The molecule has 0 bridgehead atoms. The zero-order valence-corrected chi connectivity index (χ0v) is 27.4. The Bertz CT molecular complexity index is 2990. The summed E-state index contributed by atoms with van der Waals surface area (Å²) in [5, 5.41) is 7.50. The van der Waals surface area contributed by atoms with Crippen molar-refractivity contribution in [1.29, 1.82) is 0 Å². The van der Waals surface area contributed by atoms with Crippen LogP contribution in [-0.4, -0.2) is 4.57 Å².